The van der Waals surface area contributed by atoms with Crippen LogP contribution in [0.2, 0.25) is 5.15 Å². The summed E-state index contributed by atoms with van der Waals surface area (Å²) in [6.45, 7) is 0. The maximum Gasteiger partial charge on any atom is 0.257 e. The molecule has 20 heavy (non-hydrogen) atoms. The highest BCUT2D eigenvalue weighted by Crippen LogP contribution is 2.20. The summed E-state index contributed by atoms with van der Waals surface area (Å²) in [7, 11) is 3.86. The molecule has 0 aliphatic carbocycles. The molecular formula is C14H15ClN4O. The lowest BCUT2D eigenvalue weighted by molar-refractivity contribution is 0.102. The van der Waals surface area contributed by atoms with Gasteiger partial charge in [-0.05, 0) is 24.3 Å². The first kappa shape index (κ1) is 14.1. The van der Waals surface area contributed by atoms with Gasteiger partial charge < -0.3 is 16.0 Å². The van der Waals surface area contributed by atoms with E-state index in [9.17, 15) is 4.79 Å². The first-order chi connectivity index (χ1) is 9.47. The number of nitrogens with zero attached hydrogens (tertiary/aromatic N) is 2. The molecule has 0 aliphatic heterocycles. The molecule has 1 aromatic heterocycles. The van der Waals surface area contributed by atoms with Crippen molar-refractivity contribution in [2.24, 2.45) is 0 Å². The monoisotopic (exact) mass is 290 g/mol. The van der Waals surface area contributed by atoms with Crippen molar-refractivity contribution in [3.63, 3.8) is 0 Å². The molecule has 0 saturated carbocycles. The quantitative estimate of drug-likeness (QED) is 0.853. The molecule has 5 nitrogen and oxygen atoms in total. The molecule has 0 unspecified atom stereocenters. The highest BCUT2D eigenvalue weighted by Gasteiger charge is 2.11. The fourth-order valence-corrected chi connectivity index (χ4v) is 1.86. The molecule has 0 atom stereocenters. The number of nitrogens with two attached hydrogens (primary N) is 1. The van der Waals surface area contributed by atoms with Crippen LogP contribution in [0.25, 0.3) is 0 Å². The van der Waals surface area contributed by atoms with E-state index in [1.807, 2.05) is 43.3 Å². The molecule has 1 heterocycles. The number of carbonyl (C=O) groups excluding carboxylic acids is 1. The Hall–Kier alpha value is -2.27. The Morgan fingerprint density at radius 1 is 1.35 bits per heavy atom. The second-order valence-corrected chi connectivity index (χ2v) is 4.88. The second kappa shape index (κ2) is 5.79. The van der Waals surface area contributed by atoms with E-state index in [-0.39, 0.29) is 16.7 Å². The van der Waals surface area contributed by atoms with Gasteiger partial charge in [0, 0.05) is 25.5 Å². The van der Waals surface area contributed by atoms with Gasteiger partial charge in [-0.15, -0.1) is 0 Å². The summed E-state index contributed by atoms with van der Waals surface area (Å²) in [5, 5.41) is 3.02. The van der Waals surface area contributed by atoms with E-state index < -0.39 is 0 Å². The number of nitrogen functional groups attached to an aromatic ring is 1. The van der Waals surface area contributed by atoms with Crippen LogP contribution in [0.5, 0.6) is 0 Å². The number of aromatic nitrogens is 1. The number of benzene rings is 1. The zero-order valence-electron chi connectivity index (χ0n) is 11.2. The first-order valence-electron chi connectivity index (χ1n) is 5.97. The van der Waals surface area contributed by atoms with Gasteiger partial charge in [0.05, 0.1) is 17.4 Å². The summed E-state index contributed by atoms with van der Waals surface area (Å²) in [4.78, 5) is 17.9. The molecule has 0 radical (unpaired) electrons. The largest absolute Gasteiger partial charge is 0.397 e. The van der Waals surface area contributed by atoms with Crippen molar-refractivity contribution < 1.29 is 4.79 Å². The van der Waals surface area contributed by atoms with E-state index in [2.05, 4.69) is 10.3 Å². The van der Waals surface area contributed by atoms with Crippen LogP contribution < -0.4 is 16.0 Å². The van der Waals surface area contributed by atoms with Gasteiger partial charge >= 0.3 is 0 Å². The Labute approximate surface area is 122 Å². The average Bonchev–Trinajstić information content (AvgIpc) is 2.41. The molecule has 0 aliphatic rings. The second-order valence-electron chi connectivity index (χ2n) is 4.49. The number of nitrogens with one attached hydrogen (secondary N) is 1. The summed E-state index contributed by atoms with van der Waals surface area (Å²) >= 11 is 5.78. The van der Waals surface area contributed by atoms with E-state index >= 15 is 0 Å². The Morgan fingerprint density at radius 2 is 2.10 bits per heavy atom. The van der Waals surface area contributed by atoms with E-state index in [1.165, 1.54) is 12.3 Å². The van der Waals surface area contributed by atoms with Crippen LogP contribution in [0.4, 0.5) is 17.1 Å². The first-order valence-corrected chi connectivity index (χ1v) is 6.35. The number of hydrogen-bond acceptors (Lipinski definition) is 4. The number of hydrogen-bond donors (Lipinski definition) is 2. The standard InChI is InChI=1S/C14H15ClN4O/c1-19(2)10-5-3-4-9(6-10)18-14(20)11-7-13(15)17-8-12(11)16/h3-8H,16H2,1-2H3,(H,18,20). The van der Waals surface area contributed by atoms with Crippen LogP contribution in [0, 0.1) is 0 Å². The zero-order chi connectivity index (χ0) is 14.7. The third kappa shape index (κ3) is 3.19. The third-order valence-electron chi connectivity index (χ3n) is 2.77. The smallest absolute Gasteiger partial charge is 0.257 e. The Morgan fingerprint density at radius 3 is 2.80 bits per heavy atom. The molecule has 1 aromatic carbocycles. The SMILES string of the molecule is CN(C)c1cccc(NC(=O)c2cc(Cl)ncc2N)c1. The molecule has 0 bridgehead atoms. The van der Waals surface area contributed by atoms with Gasteiger partial charge in [-0.2, -0.15) is 0 Å². The predicted octanol–water partition coefficient (Wildman–Crippen LogP) is 2.64. The topological polar surface area (TPSA) is 71.2 Å². The van der Waals surface area contributed by atoms with Gasteiger partial charge in [-0.3, -0.25) is 4.79 Å². The highest BCUT2D eigenvalue weighted by atomic mass is 35.5. The number of anilines is 3. The van der Waals surface area contributed by atoms with Gasteiger partial charge in [-0.25, -0.2) is 4.98 Å². The summed E-state index contributed by atoms with van der Waals surface area (Å²) in [6.07, 6.45) is 1.37. The van der Waals surface area contributed by atoms with E-state index in [1.54, 1.807) is 0 Å². The fraction of sp³-hybridized carbons (Fsp3) is 0.143. The molecule has 0 fully saturated rings. The summed E-state index contributed by atoms with van der Waals surface area (Å²) in [5.41, 5.74) is 8.00. The lowest BCUT2D eigenvalue weighted by atomic mass is 10.2. The van der Waals surface area contributed by atoms with Crippen molar-refractivity contribution in [1.29, 1.82) is 0 Å². The summed E-state index contributed by atoms with van der Waals surface area (Å²) in [6, 6.07) is 8.95. The van der Waals surface area contributed by atoms with Crippen LogP contribution in [0.15, 0.2) is 36.5 Å². The van der Waals surface area contributed by atoms with Crippen LogP contribution >= 0.6 is 11.6 Å². The number of pyridine rings is 1. The minimum absolute atomic E-state index is 0.228. The molecule has 2 aromatic rings. The van der Waals surface area contributed by atoms with Crippen LogP contribution in [0.1, 0.15) is 10.4 Å². The van der Waals surface area contributed by atoms with Gasteiger partial charge in [-0.1, -0.05) is 17.7 Å². The molecule has 0 saturated heterocycles. The van der Waals surface area contributed by atoms with Gasteiger partial charge in [0.2, 0.25) is 0 Å². The lowest BCUT2D eigenvalue weighted by Crippen LogP contribution is -2.15. The van der Waals surface area contributed by atoms with Gasteiger partial charge in [0.1, 0.15) is 5.15 Å². The van der Waals surface area contributed by atoms with Gasteiger partial charge in [0.15, 0.2) is 0 Å². The van der Waals surface area contributed by atoms with Crippen molar-refractivity contribution >= 4 is 34.6 Å². The van der Waals surface area contributed by atoms with Crippen LogP contribution in [0.3, 0.4) is 0 Å². The molecule has 0 spiro atoms. The molecule has 1 amide bonds. The third-order valence-corrected chi connectivity index (χ3v) is 2.97. The maximum absolute atomic E-state index is 12.2. The molecule has 3 N–H and O–H groups in total. The fourth-order valence-electron chi connectivity index (χ4n) is 1.70. The normalized spacial score (nSPS) is 10.2. The highest BCUT2D eigenvalue weighted by molar-refractivity contribution is 6.30. The molecule has 6 heteroatoms. The Bertz CT molecular complexity index is 643. The minimum atomic E-state index is -0.317. The molecule has 104 valence electrons. The van der Waals surface area contributed by atoms with Crippen molar-refractivity contribution in [3.05, 3.63) is 47.2 Å². The molecule has 2 rings (SSSR count). The van der Waals surface area contributed by atoms with Gasteiger partial charge in [0.25, 0.3) is 5.91 Å². The summed E-state index contributed by atoms with van der Waals surface area (Å²) in [5.74, 6) is -0.317. The number of amides is 1. The predicted molar refractivity (Wildman–Crippen MR) is 82.4 cm³/mol. The van der Waals surface area contributed by atoms with Crippen LogP contribution in [-0.4, -0.2) is 25.0 Å². The van der Waals surface area contributed by atoms with Crippen molar-refractivity contribution in [2.75, 3.05) is 30.0 Å². The lowest BCUT2D eigenvalue weighted by Gasteiger charge is -2.14. The van der Waals surface area contributed by atoms with E-state index in [0.29, 0.717) is 11.3 Å². The Kier molecular flexibility index (Phi) is 4.10. The summed E-state index contributed by atoms with van der Waals surface area (Å²) < 4.78 is 0. The minimum Gasteiger partial charge on any atom is -0.397 e. The maximum atomic E-state index is 12.2. The van der Waals surface area contributed by atoms with E-state index in [4.69, 9.17) is 17.3 Å². The Balaban J connectivity index is 2.23. The van der Waals surface area contributed by atoms with Crippen LogP contribution in [-0.2, 0) is 0 Å². The van der Waals surface area contributed by atoms with E-state index in [0.717, 1.165) is 5.69 Å². The van der Waals surface area contributed by atoms with Crippen molar-refractivity contribution in [1.82, 2.24) is 4.98 Å². The zero-order valence-corrected chi connectivity index (χ0v) is 12.0. The van der Waals surface area contributed by atoms with Crippen molar-refractivity contribution in [3.8, 4) is 0 Å². The number of rotatable bonds is 3. The number of halogens is 1. The van der Waals surface area contributed by atoms with Crippen molar-refractivity contribution in [2.45, 2.75) is 0 Å². The molecular weight excluding hydrogens is 276 g/mol. The average molecular weight is 291 g/mol. The number of carbonyl (C=O) groups is 1.